The van der Waals surface area contributed by atoms with Gasteiger partial charge in [-0.25, -0.2) is 18.5 Å². The minimum absolute atomic E-state index is 0.0452. The molecule has 2 aromatic rings. The number of rotatable bonds is 3. The first-order chi connectivity index (χ1) is 9.77. The Hall–Kier alpha value is -1.67. The molecule has 0 aliphatic heterocycles. The summed E-state index contributed by atoms with van der Waals surface area (Å²) in [5, 5.41) is 7.95. The summed E-state index contributed by atoms with van der Waals surface area (Å²) >= 11 is 11.6. The van der Waals surface area contributed by atoms with Crippen LogP contribution in [0.25, 0.3) is 0 Å². The fraction of sp³-hybridized carbons (Fsp3) is 0. The number of benzene rings is 1. The topological polar surface area (TPSA) is 102 Å². The Morgan fingerprint density at radius 3 is 2.43 bits per heavy atom. The molecule has 0 unspecified atom stereocenters. The molecule has 0 fully saturated rings. The molecule has 0 saturated heterocycles. The molecule has 3 N–H and O–H groups in total. The quantitative estimate of drug-likeness (QED) is 0.890. The smallest absolute Gasteiger partial charge is 0.274 e. The molecule has 0 saturated carbocycles. The van der Waals surface area contributed by atoms with Crippen LogP contribution in [0.5, 0.6) is 0 Å². The summed E-state index contributed by atoms with van der Waals surface area (Å²) in [4.78, 5) is 15.7. The molecule has 0 atom stereocenters. The Balaban J connectivity index is 2.24. The van der Waals surface area contributed by atoms with E-state index in [9.17, 15) is 13.2 Å². The van der Waals surface area contributed by atoms with Crippen LogP contribution in [-0.2, 0) is 10.0 Å². The lowest BCUT2D eigenvalue weighted by molar-refractivity contribution is 0.102. The number of anilines is 1. The summed E-state index contributed by atoms with van der Waals surface area (Å²) in [6, 6.07) is 6.71. The molecule has 1 amide bonds. The van der Waals surface area contributed by atoms with Gasteiger partial charge in [-0.2, -0.15) is 0 Å². The molecule has 0 spiro atoms. The lowest BCUT2D eigenvalue weighted by Gasteiger charge is -2.08. The summed E-state index contributed by atoms with van der Waals surface area (Å²) in [5.74, 6) is -0.503. The number of nitrogens with zero attached hydrogens (tertiary/aromatic N) is 1. The van der Waals surface area contributed by atoms with Gasteiger partial charge < -0.3 is 5.32 Å². The maximum atomic E-state index is 11.9. The van der Waals surface area contributed by atoms with E-state index in [0.29, 0.717) is 5.02 Å². The number of hydrogen-bond donors (Lipinski definition) is 2. The molecule has 2 rings (SSSR count). The van der Waals surface area contributed by atoms with Crippen LogP contribution in [-0.4, -0.2) is 19.3 Å². The number of carbonyl (C=O) groups excluding carboxylic acids is 1. The standard InChI is InChI=1S/C12H9Cl2N3O3S/c13-7-1-3-11(16-6-7)12(18)17-10-4-2-8(5-9(10)14)21(15,19)20/h1-6H,(H,17,18)(H2,15,19,20). The zero-order valence-corrected chi connectivity index (χ0v) is 12.7. The van der Waals surface area contributed by atoms with E-state index in [4.69, 9.17) is 28.3 Å². The molecular formula is C12H9Cl2N3O3S. The Bertz CT molecular complexity index is 792. The van der Waals surface area contributed by atoms with Crippen molar-refractivity contribution >= 4 is 44.8 Å². The van der Waals surface area contributed by atoms with Gasteiger partial charge >= 0.3 is 0 Å². The molecule has 0 bridgehead atoms. The molecule has 1 aromatic heterocycles. The number of hydrogen-bond acceptors (Lipinski definition) is 4. The van der Waals surface area contributed by atoms with Gasteiger partial charge in [-0.1, -0.05) is 23.2 Å². The van der Waals surface area contributed by atoms with Crippen molar-refractivity contribution in [1.29, 1.82) is 0 Å². The highest BCUT2D eigenvalue weighted by atomic mass is 35.5. The van der Waals surface area contributed by atoms with Crippen LogP contribution < -0.4 is 10.5 Å². The number of primary sulfonamides is 1. The van der Waals surface area contributed by atoms with Crippen LogP contribution in [0.2, 0.25) is 10.0 Å². The summed E-state index contributed by atoms with van der Waals surface area (Å²) < 4.78 is 22.4. The SMILES string of the molecule is NS(=O)(=O)c1ccc(NC(=O)c2ccc(Cl)cn2)c(Cl)c1. The second-order valence-electron chi connectivity index (χ2n) is 4.00. The molecule has 9 heteroatoms. The molecule has 0 aliphatic carbocycles. The number of aromatic nitrogens is 1. The van der Waals surface area contributed by atoms with Gasteiger partial charge in [0.05, 0.1) is 20.6 Å². The molecule has 0 aliphatic rings. The first kappa shape index (κ1) is 15.7. The van der Waals surface area contributed by atoms with E-state index >= 15 is 0 Å². The van der Waals surface area contributed by atoms with Crippen molar-refractivity contribution in [3.05, 3.63) is 52.3 Å². The average molecular weight is 346 g/mol. The van der Waals surface area contributed by atoms with Gasteiger partial charge in [0.15, 0.2) is 0 Å². The number of sulfonamides is 1. The van der Waals surface area contributed by atoms with Crippen molar-refractivity contribution in [3.8, 4) is 0 Å². The molecule has 1 aromatic carbocycles. The fourth-order valence-electron chi connectivity index (χ4n) is 1.47. The van der Waals surface area contributed by atoms with Crippen molar-refractivity contribution in [1.82, 2.24) is 4.98 Å². The lowest BCUT2D eigenvalue weighted by atomic mass is 10.3. The van der Waals surface area contributed by atoms with Gasteiger partial charge in [-0.05, 0) is 30.3 Å². The van der Waals surface area contributed by atoms with Crippen molar-refractivity contribution < 1.29 is 13.2 Å². The van der Waals surface area contributed by atoms with Gasteiger partial charge in [-0.3, -0.25) is 4.79 Å². The molecule has 0 radical (unpaired) electrons. The molecule has 1 heterocycles. The number of carbonyl (C=O) groups is 1. The largest absolute Gasteiger partial charge is 0.319 e. The summed E-state index contributed by atoms with van der Waals surface area (Å²) in [6.07, 6.45) is 1.34. The lowest BCUT2D eigenvalue weighted by Crippen LogP contribution is -2.15. The van der Waals surface area contributed by atoms with Crippen LogP contribution in [0.1, 0.15) is 10.5 Å². The van der Waals surface area contributed by atoms with E-state index in [1.54, 1.807) is 0 Å². The maximum absolute atomic E-state index is 11.9. The third kappa shape index (κ3) is 3.92. The van der Waals surface area contributed by atoms with Gasteiger partial charge in [-0.15, -0.1) is 0 Å². The minimum Gasteiger partial charge on any atom is -0.319 e. The van der Waals surface area contributed by atoms with Gasteiger partial charge in [0.1, 0.15) is 5.69 Å². The highest BCUT2D eigenvalue weighted by Gasteiger charge is 2.13. The van der Waals surface area contributed by atoms with Crippen molar-refractivity contribution in [2.75, 3.05) is 5.32 Å². The number of amides is 1. The summed E-state index contributed by atoms with van der Waals surface area (Å²) in [5.41, 5.74) is 0.386. The fourth-order valence-corrected chi connectivity index (χ4v) is 2.41. The third-order valence-electron chi connectivity index (χ3n) is 2.48. The first-order valence-corrected chi connectivity index (χ1v) is 7.83. The molecular weight excluding hydrogens is 337 g/mol. The van der Waals surface area contributed by atoms with Crippen molar-refractivity contribution in [2.45, 2.75) is 4.90 Å². The Labute approximate surface area is 130 Å². The van der Waals surface area contributed by atoms with Crippen molar-refractivity contribution in [2.24, 2.45) is 5.14 Å². The van der Waals surface area contributed by atoms with Crippen LogP contribution in [0.4, 0.5) is 5.69 Å². The predicted molar refractivity (Wildman–Crippen MR) is 80.0 cm³/mol. The Kier molecular flexibility index (Phi) is 4.48. The number of nitrogens with one attached hydrogen (secondary N) is 1. The molecule has 21 heavy (non-hydrogen) atoms. The monoisotopic (exact) mass is 345 g/mol. The van der Waals surface area contributed by atoms with Crippen LogP contribution in [0.15, 0.2) is 41.4 Å². The average Bonchev–Trinajstić information content (AvgIpc) is 2.40. The van der Waals surface area contributed by atoms with Gasteiger partial charge in [0.2, 0.25) is 10.0 Å². The summed E-state index contributed by atoms with van der Waals surface area (Å²) in [6.45, 7) is 0. The minimum atomic E-state index is -3.85. The predicted octanol–water partition coefficient (Wildman–Crippen LogP) is 2.29. The van der Waals surface area contributed by atoms with Crippen molar-refractivity contribution in [3.63, 3.8) is 0 Å². The molecule has 110 valence electrons. The van der Waals surface area contributed by atoms with Gasteiger partial charge in [0, 0.05) is 6.20 Å². The Morgan fingerprint density at radius 1 is 1.19 bits per heavy atom. The van der Waals surface area contributed by atoms with E-state index < -0.39 is 15.9 Å². The van der Waals surface area contributed by atoms with Gasteiger partial charge in [0.25, 0.3) is 5.91 Å². The zero-order chi connectivity index (χ0) is 15.6. The summed E-state index contributed by atoms with van der Waals surface area (Å²) in [7, 11) is -3.85. The van der Waals surface area contributed by atoms with E-state index in [2.05, 4.69) is 10.3 Å². The maximum Gasteiger partial charge on any atom is 0.274 e. The second kappa shape index (κ2) is 5.98. The van der Waals surface area contributed by atoms with E-state index in [-0.39, 0.29) is 21.3 Å². The third-order valence-corrected chi connectivity index (χ3v) is 3.92. The Morgan fingerprint density at radius 2 is 1.90 bits per heavy atom. The van der Waals surface area contributed by atoms with E-state index in [1.807, 2.05) is 0 Å². The zero-order valence-electron chi connectivity index (χ0n) is 10.4. The second-order valence-corrected chi connectivity index (χ2v) is 6.41. The number of halogens is 2. The normalized spacial score (nSPS) is 11.2. The van der Waals surface area contributed by atoms with Crippen LogP contribution in [0.3, 0.4) is 0 Å². The highest BCUT2D eigenvalue weighted by molar-refractivity contribution is 7.89. The number of pyridine rings is 1. The molecule has 6 nitrogen and oxygen atoms in total. The number of nitrogens with two attached hydrogens (primary N) is 1. The van der Waals surface area contributed by atoms with E-state index in [0.717, 1.165) is 6.07 Å². The van der Waals surface area contributed by atoms with Crippen LogP contribution in [0, 0.1) is 0 Å². The van der Waals surface area contributed by atoms with Crippen LogP contribution >= 0.6 is 23.2 Å². The first-order valence-electron chi connectivity index (χ1n) is 5.52. The highest BCUT2D eigenvalue weighted by Crippen LogP contribution is 2.25. The van der Waals surface area contributed by atoms with E-state index in [1.165, 1.54) is 30.5 Å².